The van der Waals surface area contributed by atoms with Crippen molar-refractivity contribution in [3.63, 3.8) is 0 Å². The molecule has 2 N–H and O–H groups in total. The Labute approximate surface area is 123 Å². The number of rotatable bonds is 3. The second-order valence-corrected chi connectivity index (χ2v) is 5.98. The van der Waals surface area contributed by atoms with E-state index in [1.165, 1.54) is 26.2 Å². The maximum Gasteiger partial charge on any atom is 0.0969 e. The molecule has 3 heteroatoms. The van der Waals surface area contributed by atoms with Crippen LogP contribution in [0.1, 0.15) is 11.1 Å². The maximum atomic E-state index is 3.61. The van der Waals surface area contributed by atoms with Crippen molar-refractivity contribution in [3.8, 4) is 0 Å². The van der Waals surface area contributed by atoms with Gasteiger partial charge in [-0.3, -0.25) is 0 Å². The summed E-state index contributed by atoms with van der Waals surface area (Å²) in [6.45, 7) is 4.31. The van der Waals surface area contributed by atoms with Crippen LogP contribution in [0.4, 0.5) is 16.4 Å². The molecule has 20 heavy (non-hydrogen) atoms. The molecule has 0 unspecified atom stereocenters. The highest BCUT2D eigenvalue weighted by Crippen LogP contribution is 2.38. The van der Waals surface area contributed by atoms with Crippen molar-refractivity contribution in [2.75, 3.05) is 17.7 Å². The lowest BCUT2D eigenvalue weighted by atomic mass is 10.1. The predicted octanol–water partition coefficient (Wildman–Crippen LogP) is 5.30. The van der Waals surface area contributed by atoms with Crippen LogP contribution in [0.5, 0.6) is 0 Å². The highest BCUT2D eigenvalue weighted by molar-refractivity contribution is 7.23. The van der Waals surface area contributed by atoms with Crippen molar-refractivity contribution in [3.05, 3.63) is 53.6 Å². The summed E-state index contributed by atoms with van der Waals surface area (Å²) in [6, 6.07) is 14.8. The second kappa shape index (κ2) is 5.17. The third kappa shape index (κ3) is 2.14. The van der Waals surface area contributed by atoms with Crippen LogP contribution in [0.2, 0.25) is 0 Å². The number of anilines is 3. The Morgan fingerprint density at radius 3 is 2.50 bits per heavy atom. The number of para-hydroxylation sites is 1. The van der Waals surface area contributed by atoms with Crippen molar-refractivity contribution in [2.24, 2.45) is 0 Å². The normalized spacial score (nSPS) is 10.8. The molecule has 3 aromatic rings. The van der Waals surface area contributed by atoms with Crippen LogP contribution in [0, 0.1) is 13.8 Å². The van der Waals surface area contributed by atoms with Gasteiger partial charge < -0.3 is 10.6 Å². The topological polar surface area (TPSA) is 24.1 Å². The van der Waals surface area contributed by atoms with E-state index in [2.05, 4.69) is 66.9 Å². The summed E-state index contributed by atoms with van der Waals surface area (Å²) in [5.41, 5.74) is 4.84. The molecule has 0 saturated heterocycles. The van der Waals surface area contributed by atoms with Crippen molar-refractivity contribution in [1.29, 1.82) is 0 Å². The molecule has 1 aromatic heterocycles. The van der Waals surface area contributed by atoms with Gasteiger partial charge in [-0.05, 0) is 42.5 Å². The van der Waals surface area contributed by atoms with E-state index in [1.54, 1.807) is 0 Å². The number of aryl methyl sites for hydroxylation is 2. The number of nitrogens with one attached hydrogen (secondary N) is 2. The molecule has 0 bridgehead atoms. The summed E-state index contributed by atoms with van der Waals surface area (Å²) in [5, 5.41) is 9.41. The Kier molecular flexibility index (Phi) is 3.36. The first-order valence-electron chi connectivity index (χ1n) is 6.73. The molecular weight excluding hydrogens is 264 g/mol. The third-order valence-corrected chi connectivity index (χ3v) is 4.81. The van der Waals surface area contributed by atoms with Gasteiger partial charge in [0.05, 0.1) is 16.4 Å². The zero-order chi connectivity index (χ0) is 14.1. The van der Waals surface area contributed by atoms with E-state index in [1.807, 2.05) is 18.4 Å². The Morgan fingerprint density at radius 2 is 1.75 bits per heavy atom. The quantitative estimate of drug-likeness (QED) is 0.681. The molecule has 0 fully saturated rings. The van der Waals surface area contributed by atoms with Gasteiger partial charge in [0.1, 0.15) is 0 Å². The second-order valence-electron chi connectivity index (χ2n) is 4.92. The van der Waals surface area contributed by atoms with E-state index < -0.39 is 0 Å². The van der Waals surface area contributed by atoms with Crippen LogP contribution in [0.3, 0.4) is 0 Å². The lowest BCUT2D eigenvalue weighted by Gasteiger charge is -2.14. The number of fused-ring (bicyclic) bond motifs is 1. The average Bonchev–Trinajstić information content (AvgIpc) is 2.78. The fourth-order valence-corrected chi connectivity index (χ4v) is 3.56. The van der Waals surface area contributed by atoms with Gasteiger partial charge in [-0.2, -0.15) is 0 Å². The van der Waals surface area contributed by atoms with Gasteiger partial charge in [-0.1, -0.05) is 30.3 Å². The molecule has 0 spiro atoms. The number of hydrogen-bond donors (Lipinski definition) is 2. The molecular formula is C17H18N2S. The van der Waals surface area contributed by atoms with Crippen molar-refractivity contribution < 1.29 is 0 Å². The van der Waals surface area contributed by atoms with Crippen molar-refractivity contribution in [1.82, 2.24) is 0 Å². The third-order valence-electron chi connectivity index (χ3n) is 3.62. The summed E-state index contributed by atoms with van der Waals surface area (Å²) >= 11 is 1.81. The first kappa shape index (κ1) is 13.0. The Hall–Kier alpha value is -2.00. The lowest BCUT2D eigenvalue weighted by molar-refractivity contribution is 1.40. The predicted molar refractivity (Wildman–Crippen MR) is 90.6 cm³/mol. The number of benzene rings is 2. The van der Waals surface area contributed by atoms with Gasteiger partial charge in [0.25, 0.3) is 0 Å². The first-order chi connectivity index (χ1) is 9.70. The summed E-state index contributed by atoms with van der Waals surface area (Å²) in [6.07, 6.45) is 0. The van der Waals surface area contributed by atoms with Gasteiger partial charge in [0.2, 0.25) is 0 Å². The molecule has 0 aliphatic carbocycles. The van der Waals surface area contributed by atoms with Crippen molar-refractivity contribution >= 4 is 37.8 Å². The molecule has 0 aliphatic heterocycles. The number of thiophene rings is 1. The van der Waals surface area contributed by atoms with Crippen molar-refractivity contribution in [2.45, 2.75) is 13.8 Å². The van der Waals surface area contributed by atoms with E-state index in [4.69, 9.17) is 0 Å². The molecule has 0 radical (unpaired) electrons. The maximum absolute atomic E-state index is 3.61. The molecule has 0 saturated carbocycles. The molecule has 0 aliphatic rings. The largest absolute Gasteiger partial charge is 0.386 e. The zero-order valence-electron chi connectivity index (χ0n) is 11.9. The molecule has 2 aromatic carbocycles. The average molecular weight is 282 g/mol. The minimum atomic E-state index is 1.13. The van der Waals surface area contributed by atoms with Gasteiger partial charge in [0.15, 0.2) is 0 Å². The highest BCUT2D eigenvalue weighted by Gasteiger charge is 2.11. The summed E-state index contributed by atoms with van der Waals surface area (Å²) in [4.78, 5) is 0. The van der Waals surface area contributed by atoms with Crippen LogP contribution < -0.4 is 10.6 Å². The molecule has 0 atom stereocenters. The molecule has 2 nitrogen and oxygen atoms in total. The van der Waals surface area contributed by atoms with Gasteiger partial charge in [-0.15, -0.1) is 11.3 Å². The highest BCUT2D eigenvalue weighted by atomic mass is 32.1. The minimum Gasteiger partial charge on any atom is -0.386 e. The SMILES string of the molecule is CNc1cccc(C)c1Nc1sc2ccccc2c1C. The van der Waals surface area contributed by atoms with Crippen LogP contribution in [-0.2, 0) is 0 Å². The summed E-state index contributed by atoms with van der Waals surface area (Å²) in [5.74, 6) is 0. The first-order valence-corrected chi connectivity index (χ1v) is 7.55. The number of hydrogen-bond acceptors (Lipinski definition) is 3. The van der Waals surface area contributed by atoms with E-state index in [9.17, 15) is 0 Å². The molecule has 0 amide bonds. The minimum absolute atomic E-state index is 1.13. The van der Waals surface area contributed by atoms with Crippen LogP contribution in [-0.4, -0.2) is 7.05 Å². The summed E-state index contributed by atoms with van der Waals surface area (Å²) < 4.78 is 1.33. The fourth-order valence-electron chi connectivity index (χ4n) is 2.45. The fraction of sp³-hybridized carbons (Fsp3) is 0.176. The zero-order valence-corrected chi connectivity index (χ0v) is 12.8. The Bertz CT molecular complexity index is 759. The Morgan fingerprint density at radius 1 is 0.950 bits per heavy atom. The standard InChI is InChI=1S/C17H18N2S/c1-11-7-6-9-14(18-3)16(11)19-17-12(2)13-8-4-5-10-15(13)20-17/h4-10,18-19H,1-3H3. The van der Waals surface area contributed by atoms with Crippen LogP contribution in [0.15, 0.2) is 42.5 Å². The van der Waals surface area contributed by atoms with E-state index in [0.717, 1.165) is 11.4 Å². The Balaban J connectivity index is 2.08. The van der Waals surface area contributed by atoms with E-state index >= 15 is 0 Å². The van der Waals surface area contributed by atoms with Gasteiger partial charge in [-0.25, -0.2) is 0 Å². The van der Waals surface area contributed by atoms with Crippen LogP contribution in [0.25, 0.3) is 10.1 Å². The monoisotopic (exact) mass is 282 g/mol. The van der Waals surface area contributed by atoms with E-state index in [0.29, 0.717) is 0 Å². The molecule has 3 rings (SSSR count). The van der Waals surface area contributed by atoms with E-state index in [-0.39, 0.29) is 0 Å². The lowest BCUT2D eigenvalue weighted by Crippen LogP contribution is -1.98. The smallest absolute Gasteiger partial charge is 0.0969 e. The van der Waals surface area contributed by atoms with Gasteiger partial charge in [0, 0.05) is 11.7 Å². The van der Waals surface area contributed by atoms with Crippen LogP contribution >= 0.6 is 11.3 Å². The molecule has 1 heterocycles. The summed E-state index contributed by atoms with van der Waals surface area (Å²) in [7, 11) is 1.96. The molecule has 102 valence electrons. The van der Waals surface area contributed by atoms with Gasteiger partial charge >= 0.3 is 0 Å².